The molecule has 6 nitrogen and oxygen atoms in total. The Balaban J connectivity index is 1.59. The Labute approximate surface area is 143 Å². The minimum absolute atomic E-state index is 0.115. The zero-order valence-corrected chi connectivity index (χ0v) is 14.2. The van der Waals surface area contributed by atoms with E-state index in [0.717, 1.165) is 16.2 Å². The molecule has 0 unspecified atom stereocenters. The number of benzene rings is 1. The van der Waals surface area contributed by atoms with Gasteiger partial charge in [-0.3, -0.25) is 14.6 Å². The molecule has 1 aliphatic rings. The number of morpholine rings is 1. The van der Waals surface area contributed by atoms with Crippen LogP contribution in [0.3, 0.4) is 0 Å². The second-order valence-electron chi connectivity index (χ2n) is 5.81. The predicted molar refractivity (Wildman–Crippen MR) is 93.1 cm³/mol. The SMILES string of the molecule is Cc1ccc(-c2cn3c(C(=O)NN4CCOCC4)csc3n2)cc1. The molecule has 0 radical (unpaired) electrons. The van der Waals surface area contributed by atoms with Gasteiger partial charge in [0, 0.05) is 30.2 Å². The van der Waals surface area contributed by atoms with E-state index in [-0.39, 0.29) is 5.91 Å². The summed E-state index contributed by atoms with van der Waals surface area (Å²) in [6, 6.07) is 8.23. The number of carbonyl (C=O) groups is 1. The van der Waals surface area contributed by atoms with Crippen LogP contribution in [0.5, 0.6) is 0 Å². The average Bonchev–Trinajstić information content (AvgIpc) is 3.17. The van der Waals surface area contributed by atoms with Gasteiger partial charge in [-0.1, -0.05) is 29.8 Å². The predicted octanol–water partition coefficient (Wildman–Crippen LogP) is 2.35. The zero-order valence-electron chi connectivity index (χ0n) is 13.4. The topological polar surface area (TPSA) is 58.9 Å². The minimum Gasteiger partial charge on any atom is -0.379 e. The number of fused-ring (bicyclic) bond motifs is 1. The van der Waals surface area contributed by atoms with E-state index in [1.165, 1.54) is 16.9 Å². The van der Waals surface area contributed by atoms with Crippen LogP contribution in [0, 0.1) is 6.92 Å². The number of amides is 1. The van der Waals surface area contributed by atoms with Crippen LogP contribution in [-0.2, 0) is 4.74 Å². The lowest BCUT2D eigenvalue weighted by molar-refractivity contribution is 0.0124. The molecule has 124 valence electrons. The second-order valence-corrected chi connectivity index (χ2v) is 6.64. The Bertz CT molecular complexity index is 862. The number of hydrogen-bond acceptors (Lipinski definition) is 5. The maximum absolute atomic E-state index is 12.5. The summed E-state index contributed by atoms with van der Waals surface area (Å²) in [5.74, 6) is -0.115. The van der Waals surface area contributed by atoms with Gasteiger partial charge in [0.25, 0.3) is 5.91 Å². The van der Waals surface area contributed by atoms with Crippen LogP contribution in [-0.4, -0.2) is 46.6 Å². The summed E-state index contributed by atoms with van der Waals surface area (Å²) in [6.45, 7) is 4.75. The molecule has 0 atom stereocenters. The number of hydrogen-bond donors (Lipinski definition) is 1. The van der Waals surface area contributed by atoms with Crippen molar-refractivity contribution in [3.05, 3.63) is 47.1 Å². The molecule has 1 aromatic carbocycles. The van der Waals surface area contributed by atoms with Crippen LogP contribution in [0.15, 0.2) is 35.8 Å². The van der Waals surface area contributed by atoms with Gasteiger partial charge in [0.2, 0.25) is 0 Å². The summed E-state index contributed by atoms with van der Waals surface area (Å²) in [5.41, 5.74) is 6.69. The van der Waals surface area contributed by atoms with Gasteiger partial charge < -0.3 is 4.74 Å². The average molecular weight is 342 g/mol. The van der Waals surface area contributed by atoms with E-state index >= 15 is 0 Å². The molecular weight excluding hydrogens is 324 g/mol. The number of imidazole rings is 1. The molecular formula is C17H18N4O2S. The Hall–Kier alpha value is -2.22. The Morgan fingerprint density at radius 1 is 1.25 bits per heavy atom. The fourth-order valence-electron chi connectivity index (χ4n) is 2.69. The third-order valence-electron chi connectivity index (χ3n) is 4.06. The molecule has 3 heterocycles. The molecule has 1 saturated heterocycles. The fraction of sp³-hybridized carbons (Fsp3) is 0.294. The van der Waals surface area contributed by atoms with Crippen molar-refractivity contribution >= 4 is 22.2 Å². The molecule has 3 aromatic rings. The minimum atomic E-state index is -0.115. The molecule has 1 amide bonds. The van der Waals surface area contributed by atoms with Crippen molar-refractivity contribution < 1.29 is 9.53 Å². The van der Waals surface area contributed by atoms with E-state index in [4.69, 9.17) is 4.74 Å². The second kappa shape index (κ2) is 6.35. The van der Waals surface area contributed by atoms with E-state index < -0.39 is 0 Å². The van der Waals surface area contributed by atoms with E-state index in [1.807, 2.05) is 21.0 Å². The van der Waals surface area contributed by atoms with Gasteiger partial charge in [0.05, 0.1) is 18.9 Å². The first-order valence-corrected chi connectivity index (χ1v) is 8.76. The maximum Gasteiger partial charge on any atom is 0.283 e. The molecule has 0 spiro atoms. The van der Waals surface area contributed by atoms with Crippen molar-refractivity contribution in [1.82, 2.24) is 19.8 Å². The summed E-state index contributed by atoms with van der Waals surface area (Å²) in [5, 5.41) is 3.74. The molecule has 7 heteroatoms. The fourth-order valence-corrected chi connectivity index (χ4v) is 3.54. The Morgan fingerprint density at radius 3 is 2.75 bits per heavy atom. The summed E-state index contributed by atoms with van der Waals surface area (Å²) in [4.78, 5) is 18.0. The van der Waals surface area contributed by atoms with Gasteiger partial charge in [0.1, 0.15) is 5.69 Å². The van der Waals surface area contributed by atoms with Gasteiger partial charge in [0.15, 0.2) is 4.96 Å². The summed E-state index contributed by atoms with van der Waals surface area (Å²) in [7, 11) is 0. The Morgan fingerprint density at radius 2 is 2.00 bits per heavy atom. The van der Waals surface area contributed by atoms with Crippen LogP contribution in [0.1, 0.15) is 16.1 Å². The first kappa shape index (κ1) is 15.3. The third kappa shape index (κ3) is 2.93. The van der Waals surface area contributed by atoms with Crippen molar-refractivity contribution in [3.63, 3.8) is 0 Å². The van der Waals surface area contributed by atoms with Gasteiger partial charge in [-0.2, -0.15) is 0 Å². The van der Waals surface area contributed by atoms with Crippen LogP contribution in [0.4, 0.5) is 0 Å². The highest BCUT2D eigenvalue weighted by Crippen LogP contribution is 2.24. The first-order valence-electron chi connectivity index (χ1n) is 7.88. The standard InChI is InChI=1S/C17H18N4O2S/c1-12-2-4-13(5-3-12)14-10-21-15(11-24-17(21)18-14)16(22)19-20-6-8-23-9-7-20/h2-5,10-11H,6-9H2,1H3,(H,19,22). The molecule has 1 fully saturated rings. The van der Waals surface area contributed by atoms with Crippen LogP contribution in [0.25, 0.3) is 16.2 Å². The normalized spacial score (nSPS) is 15.7. The molecule has 0 aliphatic carbocycles. The molecule has 0 bridgehead atoms. The zero-order chi connectivity index (χ0) is 16.5. The molecule has 0 saturated carbocycles. The van der Waals surface area contributed by atoms with Crippen molar-refractivity contribution in [1.29, 1.82) is 0 Å². The Kier molecular flexibility index (Phi) is 4.05. The lowest BCUT2D eigenvalue weighted by atomic mass is 10.1. The first-order chi connectivity index (χ1) is 11.7. The highest BCUT2D eigenvalue weighted by Gasteiger charge is 2.18. The van der Waals surface area contributed by atoms with Crippen LogP contribution >= 0.6 is 11.3 Å². The number of nitrogens with one attached hydrogen (secondary N) is 1. The highest BCUT2D eigenvalue weighted by atomic mass is 32.1. The van der Waals surface area contributed by atoms with Gasteiger partial charge in [-0.05, 0) is 6.92 Å². The van der Waals surface area contributed by atoms with Gasteiger partial charge >= 0.3 is 0 Å². The van der Waals surface area contributed by atoms with Crippen molar-refractivity contribution in [2.45, 2.75) is 6.92 Å². The lowest BCUT2D eigenvalue weighted by Crippen LogP contribution is -2.48. The number of rotatable bonds is 3. The number of carbonyl (C=O) groups excluding carboxylic acids is 1. The molecule has 4 rings (SSSR count). The van der Waals surface area contributed by atoms with Crippen LogP contribution in [0.2, 0.25) is 0 Å². The highest BCUT2D eigenvalue weighted by molar-refractivity contribution is 7.15. The summed E-state index contributed by atoms with van der Waals surface area (Å²) in [6.07, 6.45) is 1.92. The smallest absolute Gasteiger partial charge is 0.283 e. The monoisotopic (exact) mass is 342 g/mol. The maximum atomic E-state index is 12.5. The van der Waals surface area contributed by atoms with Gasteiger partial charge in [-0.25, -0.2) is 9.99 Å². The molecule has 2 aromatic heterocycles. The van der Waals surface area contributed by atoms with Gasteiger partial charge in [-0.15, -0.1) is 11.3 Å². The van der Waals surface area contributed by atoms with E-state index in [2.05, 4.69) is 41.6 Å². The molecule has 1 N–H and O–H groups in total. The van der Waals surface area contributed by atoms with Crippen molar-refractivity contribution in [2.75, 3.05) is 26.3 Å². The van der Waals surface area contributed by atoms with E-state index in [9.17, 15) is 4.79 Å². The van der Waals surface area contributed by atoms with Crippen molar-refractivity contribution in [2.24, 2.45) is 0 Å². The number of nitrogens with zero attached hydrogens (tertiary/aromatic N) is 3. The van der Waals surface area contributed by atoms with Crippen molar-refractivity contribution in [3.8, 4) is 11.3 Å². The van der Waals surface area contributed by atoms with E-state index in [1.54, 1.807) is 0 Å². The lowest BCUT2D eigenvalue weighted by Gasteiger charge is -2.26. The number of aromatic nitrogens is 2. The number of hydrazine groups is 1. The summed E-state index contributed by atoms with van der Waals surface area (Å²) < 4.78 is 7.15. The molecule has 1 aliphatic heterocycles. The number of aryl methyl sites for hydroxylation is 1. The quantitative estimate of drug-likeness (QED) is 0.794. The number of ether oxygens (including phenoxy) is 1. The third-order valence-corrected chi connectivity index (χ3v) is 4.90. The summed E-state index contributed by atoms with van der Waals surface area (Å²) >= 11 is 1.47. The molecule has 24 heavy (non-hydrogen) atoms. The largest absolute Gasteiger partial charge is 0.379 e. The van der Waals surface area contributed by atoms with E-state index in [0.29, 0.717) is 32.0 Å². The van der Waals surface area contributed by atoms with Crippen LogP contribution < -0.4 is 5.43 Å². The number of thiazole rings is 1.